The minimum absolute atomic E-state index is 0.499. The first-order chi connectivity index (χ1) is 12.2. The van der Waals surface area contributed by atoms with Crippen LogP contribution in [0, 0.1) is 13.8 Å². The fraction of sp³-hybridized carbons (Fsp3) is 0.238. The average Bonchev–Trinajstić information content (AvgIpc) is 2.99. The Morgan fingerprint density at radius 3 is 2.96 bits per heavy atom. The highest BCUT2D eigenvalue weighted by Gasteiger charge is 2.38. The highest BCUT2D eigenvalue weighted by Crippen LogP contribution is 2.35. The van der Waals surface area contributed by atoms with Crippen molar-refractivity contribution in [2.45, 2.75) is 33.1 Å². The van der Waals surface area contributed by atoms with E-state index in [-0.39, 0.29) is 0 Å². The fourth-order valence-electron chi connectivity index (χ4n) is 3.67. The van der Waals surface area contributed by atoms with Crippen molar-refractivity contribution < 1.29 is 14.0 Å². The SMILES string of the molecule is Cc1ccc2c(n1)C(O[C@@H]1Oc3cccc4ccc(C)[n+]1c34)=CCC2. The second-order valence-corrected chi connectivity index (χ2v) is 6.65. The van der Waals surface area contributed by atoms with Crippen LogP contribution in [0.4, 0.5) is 0 Å². The van der Waals surface area contributed by atoms with Crippen LogP contribution in [-0.2, 0) is 11.2 Å². The molecular formula is C21H19N2O2+. The zero-order valence-corrected chi connectivity index (χ0v) is 14.3. The van der Waals surface area contributed by atoms with Crippen molar-refractivity contribution in [1.82, 2.24) is 4.98 Å². The second-order valence-electron chi connectivity index (χ2n) is 6.65. The summed E-state index contributed by atoms with van der Waals surface area (Å²) in [5.41, 5.74) is 5.36. The van der Waals surface area contributed by atoms with Gasteiger partial charge in [0.15, 0.2) is 11.5 Å². The number of nitrogens with zero attached hydrogens (tertiary/aromatic N) is 2. The molecule has 0 bridgehead atoms. The normalized spacial score (nSPS) is 17.8. The molecule has 0 saturated carbocycles. The summed E-state index contributed by atoms with van der Waals surface area (Å²) in [6.45, 7) is 4.08. The van der Waals surface area contributed by atoms with E-state index in [1.807, 2.05) is 19.1 Å². The highest BCUT2D eigenvalue weighted by atomic mass is 16.7. The summed E-state index contributed by atoms with van der Waals surface area (Å²) in [4.78, 5) is 4.70. The number of benzene rings is 1. The predicted octanol–water partition coefficient (Wildman–Crippen LogP) is 3.99. The van der Waals surface area contributed by atoms with E-state index in [2.05, 4.69) is 47.9 Å². The van der Waals surface area contributed by atoms with Gasteiger partial charge >= 0.3 is 6.41 Å². The first-order valence-corrected chi connectivity index (χ1v) is 8.65. The summed E-state index contributed by atoms with van der Waals surface area (Å²) in [6, 6.07) is 14.5. The van der Waals surface area contributed by atoms with Crippen LogP contribution in [0.15, 0.2) is 48.5 Å². The van der Waals surface area contributed by atoms with Crippen LogP contribution in [-0.4, -0.2) is 4.98 Å². The molecule has 2 aromatic heterocycles. The standard InChI is InChI=1S/C21H19N2O2/c1-13-9-11-15-5-3-7-17(19(15)22-13)24-21-23-14(2)10-12-16-6-4-8-18(25-21)20(16)23/h4,6-12,21H,3,5H2,1-2H3/q+1/t21-/m1/s1. The summed E-state index contributed by atoms with van der Waals surface area (Å²) in [5.74, 6) is 1.67. The van der Waals surface area contributed by atoms with Gasteiger partial charge in [0.2, 0.25) is 5.75 Å². The Labute approximate surface area is 146 Å². The van der Waals surface area contributed by atoms with E-state index in [4.69, 9.17) is 14.5 Å². The summed E-state index contributed by atoms with van der Waals surface area (Å²) in [7, 11) is 0. The lowest BCUT2D eigenvalue weighted by Crippen LogP contribution is -2.43. The van der Waals surface area contributed by atoms with Crippen LogP contribution < -0.4 is 9.30 Å². The third-order valence-electron chi connectivity index (χ3n) is 4.92. The van der Waals surface area contributed by atoms with Gasteiger partial charge in [-0.25, -0.2) is 4.98 Å². The highest BCUT2D eigenvalue weighted by molar-refractivity contribution is 5.82. The Bertz CT molecular complexity index is 1040. The maximum atomic E-state index is 6.33. The molecule has 5 rings (SSSR count). The number of allylic oxidation sites excluding steroid dienone is 1. The van der Waals surface area contributed by atoms with Gasteiger partial charge in [-0.1, -0.05) is 12.1 Å². The van der Waals surface area contributed by atoms with Crippen molar-refractivity contribution in [2.75, 3.05) is 0 Å². The van der Waals surface area contributed by atoms with Gasteiger partial charge in [-0.05, 0) is 55.7 Å². The molecule has 0 radical (unpaired) electrons. The molecule has 0 amide bonds. The molecule has 3 heterocycles. The maximum Gasteiger partial charge on any atom is 0.468 e. The van der Waals surface area contributed by atoms with E-state index in [9.17, 15) is 0 Å². The van der Waals surface area contributed by atoms with Gasteiger partial charge in [-0.3, -0.25) is 0 Å². The molecule has 0 saturated heterocycles. The zero-order chi connectivity index (χ0) is 17.0. The molecule has 124 valence electrons. The van der Waals surface area contributed by atoms with Gasteiger partial charge in [-0.2, -0.15) is 0 Å². The quantitative estimate of drug-likeness (QED) is 0.666. The number of aromatic nitrogens is 2. The van der Waals surface area contributed by atoms with Crippen molar-refractivity contribution in [2.24, 2.45) is 0 Å². The van der Waals surface area contributed by atoms with Crippen molar-refractivity contribution >= 4 is 16.7 Å². The van der Waals surface area contributed by atoms with Crippen LogP contribution in [0.3, 0.4) is 0 Å². The van der Waals surface area contributed by atoms with Crippen molar-refractivity contribution in [3.63, 3.8) is 0 Å². The van der Waals surface area contributed by atoms with E-state index in [0.717, 1.165) is 52.3 Å². The molecule has 0 fully saturated rings. The van der Waals surface area contributed by atoms with E-state index in [1.54, 1.807) is 0 Å². The largest absolute Gasteiger partial charge is 0.468 e. The lowest BCUT2D eigenvalue weighted by atomic mass is 10.0. The summed E-state index contributed by atoms with van der Waals surface area (Å²) >= 11 is 0. The molecule has 0 spiro atoms. The first kappa shape index (κ1) is 14.5. The van der Waals surface area contributed by atoms with Crippen LogP contribution in [0.1, 0.15) is 35.5 Å². The summed E-state index contributed by atoms with van der Waals surface area (Å²) in [6.07, 6.45) is 3.58. The van der Waals surface area contributed by atoms with Crippen molar-refractivity contribution in [3.05, 3.63) is 71.2 Å². The van der Waals surface area contributed by atoms with Crippen LogP contribution in [0.2, 0.25) is 0 Å². The van der Waals surface area contributed by atoms with Crippen molar-refractivity contribution in [1.29, 1.82) is 0 Å². The molecule has 2 aliphatic rings. The van der Waals surface area contributed by atoms with Gasteiger partial charge in [0.05, 0.1) is 5.39 Å². The molecule has 25 heavy (non-hydrogen) atoms. The topological polar surface area (TPSA) is 35.2 Å². The number of para-hydroxylation sites is 1. The monoisotopic (exact) mass is 331 g/mol. The minimum atomic E-state index is -0.499. The molecule has 1 aromatic carbocycles. The fourth-order valence-corrected chi connectivity index (χ4v) is 3.67. The lowest BCUT2D eigenvalue weighted by Gasteiger charge is -2.19. The zero-order valence-electron chi connectivity index (χ0n) is 14.3. The number of aryl methyl sites for hydroxylation is 3. The molecular weight excluding hydrogens is 312 g/mol. The van der Waals surface area contributed by atoms with Crippen LogP contribution >= 0.6 is 0 Å². The van der Waals surface area contributed by atoms with Crippen molar-refractivity contribution in [3.8, 4) is 5.75 Å². The number of pyridine rings is 2. The molecule has 1 aliphatic heterocycles. The van der Waals surface area contributed by atoms with Crippen LogP contribution in [0.5, 0.6) is 5.75 Å². The molecule has 0 unspecified atom stereocenters. The number of hydrogen-bond acceptors (Lipinski definition) is 3. The number of ether oxygens (including phenoxy) is 2. The van der Waals surface area contributed by atoms with E-state index in [0.29, 0.717) is 0 Å². The summed E-state index contributed by atoms with van der Waals surface area (Å²) < 4.78 is 14.6. The van der Waals surface area contributed by atoms with E-state index in [1.165, 1.54) is 5.56 Å². The Balaban J connectivity index is 1.57. The van der Waals surface area contributed by atoms with Gasteiger partial charge < -0.3 is 9.47 Å². The maximum absolute atomic E-state index is 6.33. The van der Waals surface area contributed by atoms with Crippen LogP contribution in [0.25, 0.3) is 16.7 Å². The Hall–Kier alpha value is -2.88. The van der Waals surface area contributed by atoms with E-state index < -0.39 is 6.41 Å². The van der Waals surface area contributed by atoms with Gasteiger partial charge in [0, 0.05) is 18.7 Å². The lowest BCUT2D eigenvalue weighted by molar-refractivity contribution is -0.762. The molecule has 4 nitrogen and oxygen atoms in total. The molecule has 1 atom stereocenters. The van der Waals surface area contributed by atoms with E-state index >= 15 is 0 Å². The third kappa shape index (κ3) is 2.21. The predicted molar refractivity (Wildman–Crippen MR) is 94.9 cm³/mol. The number of fused-ring (bicyclic) bond motifs is 1. The number of hydrogen-bond donors (Lipinski definition) is 0. The average molecular weight is 331 g/mol. The first-order valence-electron chi connectivity index (χ1n) is 8.65. The Kier molecular flexibility index (Phi) is 3.07. The Morgan fingerprint density at radius 1 is 1.12 bits per heavy atom. The van der Waals surface area contributed by atoms with Gasteiger partial charge in [0.25, 0.3) is 5.52 Å². The molecule has 1 aliphatic carbocycles. The van der Waals surface area contributed by atoms with Gasteiger partial charge in [-0.15, -0.1) is 4.57 Å². The Morgan fingerprint density at radius 2 is 2.04 bits per heavy atom. The van der Waals surface area contributed by atoms with Gasteiger partial charge in [0.1, 0.15) is 5.69 Å². The minimum Gasteiger partial charge on any atom is -0.400 e. The smallest absolute Gasteiger partial charge is 0.400 e. The summed E-state index contributed by atoms with van der Waals surface area (Å²) in [5, 5.41) is 1.15. The molecule has 3 aromatic rings. The second kappa shape index (κ2) is 5.31. The number of rotatable bonds is 2. The molecule has 0 N–H and O–H groups in total. The third-order valence-corrected chi connectivity index (χ3v) is 4.92. The molecule has 4 heteroatoms.